The van der Waals surface area contributed by atoms with Gasteiger partial charge in [-0.3, -0.25) is 0 Å². The van der Waals surface area contributed by atoms with Crippen molar-refractivity contribution in [2.45, 2.75) is 18.7 Å². The van der Waals surface area contributed by atoms with Gasteiger partial charge in [-0.1, -0.05) is 46.5 Å². The molecule has 0 bridgehead atoms. The van der Waals surface area contributed by atoms with Gasteiger partial charge in [0.05, 0.1) is 5.02 Å². The van der Waals surface area contributed by atoms with Crippen LogP contribution in [0.5, 0.6) is 0 Å². The number of rotatable bonds is 5. The lowest BCUT2D eigenvalue weighted by Gasteiger charge is -2.23. The third kappa shape index (κ3) is 4.08. The number of halogens is 2. The summed E-state index contributed by atoms with van der Waals surface area (Å²) in [6, 6.07) is 4.46. The average Bonchev–Trinajstić information content (AvgIpc) is 2.35. The number of hydrogen-bond acceptors (Lipinski definition) is 4. The molecule has 112 valence electrons. The van der Waals surface area contributed by atoms with Crippen LogP contribution in [0.25, 0.3) is 0 Å². The van der Waals surface area contributed by atoms with E-state index in [1.165, 1.54) is 12.1 Å². The van der Waals surface area contributed by atoms with Gasteiger partial charge in [0.15, 0.2) is 0 Å². The van der Waals surface area contributed by atoms with E-state index in [2.05, 4.69) is 25.8 Å². The molecule has 1 rings (SSSR count). The molecule has 0 saturated heterocycles. The van der Waals surface area contributed by atoms with Gasteiger partial charge < -0.3 is 10.9 Å². The molecule has 0 aromatic heterocycles. The van der Waals surface area contributed by atoms with Crippen LogP contribution in [0.3, 0.4) is 0 Å². The molecule has 0 amide bonds. The van der Waals surface area contributed by atoms with E-state index in [4.69, 9.17) is 22.5 Å². The summed E-state index contributed by atoms with van der Waals surface area (Å²) in [6.45, 7) is 3.26. The lowest BCUT2D eigenvalue weighted by atomic mass is 9.93. The van der Waals surface area contributed by atoms with E-state index >= 15 is 0 Å². The third-order valence-corrected chi connectivity index (χ3v) is 5.07. The Kier molecular flexibility index (Phi) is 5.42. The molecule has 6 nitrogen and oxygen atoms in total. The van der Waals surface area contributed by atoms with Crippen LogP contribution in [0.15, 0.2) is 32.7 Å². The lowest BCUT2D eigenvalue weighted by molar-refractivity contribution is 0.307. The maximum absolute atomic E-state index is 12.2. The Bertz CT molecular complexity index is 632. The fourth-order valence-electron chi connectivity index (χ4n) is 1.27. The molecular weight excluding hydrogens is 370 g/mol. The zero-order chi connectivity index (χ0) is 15.6. The number of hydrogen-bond donors (Lipinski definition) is 3. The first-order valence-electron chi connectivity index (χ1n) is 5.53. The number of amidine groups is 1. The largest absolute Gasteiger partial charge is 0.409 e. The van der Waals surface area contributed by atoms with Gasteiger partial charge in [0.1, 0.15) is 10.7 Å². The van der Waals surface area contributed by atoms with E-state index in [1.807, 2.05) is 0 Å². The maximum Gasteiger partial charge on any atom is 0.242 e. The predicted octanol–water partition coefficient (Wildman–Crippen LogP) is 2.15. The van der Waals surface area contributed by atoms with Gasteiger partial charge >= 0.3 is 0 Å². The van der Waals surface area contributed by atoms with Crippen LogP contribution in [0.1, 0.15) is 13.8 Å². The standard InChI is InChI=1S/C11H15BrClN3O3S/c1-11(2,10(14)16-17)6-15-20(18,19)9-4-3-7(12)5-8(9)13/h3-5,15,17H,6H2,1-2H3,(H2,14,16). The minimum absolute atomic E-state index is 0.0299. The SMILES string of the molecule is CC(C)(CNS(=O)(=O)c1ccc(Br)cc1Cl)/C(N)=N/O. The van der Waals surface area contributed by atoms with Gasteiger partial charge in [-0.05, 0) is 18.2 Å². The molecule has 0 saturated carbocycles. The van der Waals surface area contributed by atoms with E-state index in [0.717, 1.165) is 0 Å². The Morgan fingerprint density at radius 3 is 2.65 bits per heavy atom. The van der Waals surface area contributed by atoms with E-state index in [9.17, 15) is 8.42 Å². The third-order valence-electron chi connectivity index (χ3n) is 2.69. The van der Waals surface area contributed by atoms with Crippen molar-refractivity contribution in [3.8, 4) is 0 Å². The average molecular weight is 385 g/mol. The fraction of sp³-hybridized carbons (Fsp3) is 0.364. The molecule has 0 heterocycles. The number of nitrogens with one attached hydrogen (secondary N) is 1. The zero-order valence-electron chi connectivity index (χ0n) is 10.9. The molecule has 0 atom stereocenters. The number of benzene rings is 1. The highest BCUT2D eigenvalue weighted by atomic mass is 79.9. The van der Waals surface area contributed by atoms with Crippen LogP contribution in [0, 0.1) is 5.41 Å². The van der Waals surface area contributed by atoms with Crippen LogP contribution in [0.4, 0.5) is 0 Å². The smallest absolute Gasteiger partial charge is 0.242 e. The summed E-state index contributed by atoms with van der Waals surface area (Å²) in [5.41, 5.74) is 4.67. The van der Waals surface area contributed by atoms with E-state index in [-0.39, 0.29) is 22.3 Å². The van der Waals surface area contributed by atoms with E-state index < -0.39 is 15.4 Å². The van der Waals surface area contributed by atoms with Gasteiger partial charge in [-0.25, -0.2) is 13.1 Å². The van der Waals surface area contributed by atoms with Crippen molar-refractivity contribution < 1.29 is 13.6 Å². The first-order valence-corrected chi connectivity index (χ1v) is 8.18. The topological polar surface area (TPSA) is 105 Å². The summed E-state index contributed by atoms with van der Waals surface area (Å²) in [6.07, 6.45) is 0. The van der Waals surface area contributed by atoms with Crippen molar-refractivity contribution in [3.05, 3.63) is 27.7 Å². The second-order valence-corrected chi connectivity index (χ2v) is 7.83. The lowest BCUT2D eigenvalue weighted by Crippen LogP contribution is -2.42. The van der Waals surface area contributed by atoms with E-state index in [1.54, 1.807) is 19.9 Å². The van der Waals surface area contributed by atoms with Gasteiger partial charge in [-0.2, -0.15) is 0 Å². The normalized spacial score (nSPS) is 13.5. The fourth-order valence-corrected chi connectivity index (χ4v) is 3.52. The van der Waals surface area contributed by atoms with Crippen LogP contribution >= 0.6 is 27.5 Å². The molecule has 20 heavy (non-hydrogen) atoms. The summed E-state index contributed by atoms with van der Waals surface area (Å²) >= 11 is 9.12. The monoisotopic (exact) mass is 383 g/mol. The second kappa shape index (κ2) is 6.30. The summed E-state index contributed by atoms with van der Waals surface area (Å²) < 4.78 is 27.4. The van der Waals surface area contributed by atoms with Crippen molar-refractivity contribution in [2.24, 2.45) is 16.3 Å². The molecule has 1 aromatic rings. The van der Waals surface area contributed by atoms with E-state index in [0.29, 0.717) is 4.47 Å². The minimum atomic E-state index is -3.78. The highest BCUT2D eigenvalue weighted by molar-refractivity contribution is 9.10. The van der Waals surface area contributed by atoms with Crippen molar-refractivity contribution in [1.82, 2.24) is 4.72 Å². The van der Waals surface area contributed by atoms with Crippen molar-refractivity contribution in [1.29, 1.82) is 0 Å². The maximum atomic E-state index is 12.2. The summed E-state index contributed by atoms with van der Waals surface area (Å²) in [7, 11) is -3.78. The predicted molar refractivity (Wildman–Crippen MR) is 81.5 cm³/mol. The second-order valence-electron chi connectivity index (χ2n) is 4.77. The molecule has 1 aromatic carbocycles. The van der Waals surface area contributed by atoms with Crippen LogP contribution in [-0.2, 0) is 10.0 Å². The van der Waals surface area contributed by atoms with Crippen LogP contribution in [0.2, 0.25) is 5.02 Å². The van der Waals surface area contributed by atoms with Gasteiger partial charge in [-0.15, -0.1) is 0 Å². The van der Waals surface area contributed by atoms with Gasteiger partial charge in [0.25, 0.3) is 0 Å². The van der Waals surface area contributed by atoms with Crippen LogP contribution in [-0.4, -0.2) is 26.0 Å². The molecule has 0 aliphatic heterocycles. The van der Waals surface area contributed by atoms with Crippen LogP contribution < -0.4 is 10.5 Å². The molecule has 0 radical (unpaired) electrons. The Labute approximate surface area is 131 Å². The molecule has 0 aliphatic rings. The van der Waals surface area contributed by atoms with Crippen molar-refractivity contribution in [3.63, 3.8) is 0 Å². The van der Waals surface area contributed by atoms with Crippen molar-refractivity contribution >= 4 is 43.4 Å². The van der Waals surface area contributed by atoms with Crippen molar-refractivity contribution in [2.75, 3.05) is 6.54 Å². The Hall–Kier alpha value is -0.830. The molecule has 4 N–H and O–H groups in total. The molecule has 0 fully saturated rings. The summed E-state index contributed by atoms with van der Waals surface area (Å²) in [4.78, 5) is -0.0299. The molecule has 0 unspecified atom stereocenters. The molecular formula is C11H15BrClN3O3S. The number of nitrogens with zero attached hydrogens (tertiary/aromatic N) is 1. The summed E-state index contributed by atoms with van der Waals surface area (Å²) in [5, 5.41) is 11.6. The molecule has 9 heteroatoms. The molecule has 0 spiro atoms. The number of oxime groups is 1. The summed E-state index contributed by atoms with van der Waals surface area (Å²) in [5.74, 6) is -0.0675. The highest BCUT2D eigenvalue weighted by Gasteiger charge is 2.27. The first-order chi connectivity index (χ1) is 9.10. The highest BCUT2D eigenvalue weighted by Crippen LogP contribution is 2.25. The van der Waals surface area contributed by atoms with Gasteiger partial charge in [0.2, 0.25) is 10.0 Å². The zero-order valence-corrected chi connectivity index (χ0v) is 14.1. The molecule has 0 aliphatic carbocycles. The quantitative estimate of drug-likeness (QED) is 0.313. The minimum Gasteiger partial charge on any atom is -0.409 e. The first kappa shape index (κ1) is 17.2. The Morgan fingerprint density at radius 2 is 2.15 bits per heavy atom. The van der Waals surface area contributed by atoms with Gasteiger partial charge in [0, 0.05) is 16.4 Å². The Balaban J connectivity index is 2.97. The Morgan fingerprint density at radius 1 is 1.55 bits per heavy atom. The number of sulfonamides is 1. The number of nitrogens with two attached hydrogens (primary N) is 1.